The van der Waals surface area contributed by atoms with Crippen molar-refractivity contribution >= 4 is 47.6 Å². The van der Waals surface area contributed by atoms with Crippen LogP contribution in [-0.2, 0) is 14.3 Å². The van der Waals surface area contributed by atoms with Crippen LogP contribution in [0.15, 0.2) is 72.4 Å². The normalized spacial score (nSPS) is 20.9. The number of thioether (sulfide) groups is 1. The van der Waals surface area contributed by atoms with E-state index >= 15 is 0 Å². The van der Waals surface area contributed by atoms with Crippen molar-refractivity contribution in [1.29, 1.82) is 0 Å². The molecule has 4 nitrogen and oxygen atoms in total. The minimum absolute atomic E-state index is 0. The second-order valence-electron chi connectivity index (χ2n) is 6.42. The fraction of sp³-hybridized carbons (Fsp3) is 0.238. The standard InChI is InChI=1S/C21H19NO3S.HI/c1-14-12-17(22-18(23)13-19(22)26-14)21(24)25-20(15-8-4-2-5-9-15)16-10-6-3-7-11-16;/h2-12,14,19-20H,13H2,1H3;1H/t14?,19-;/m1./s1. The summed E-state index contributed by atoms with van der Waals surface area (Å²) in [6.45, 7) is 2.03. The number of rotatable bonds is 4. The first kappa shape index (κ1) is 19.9. The SMILES string of the molecule is CC1C=C(C(=O)OC(c2ccccc2)c2ccccc2)N2C(=O)C[C@H]2S1.I. The van der Waals surface area contributed by atoms with E-state index in [1.807, 2.05) is 73.7 Å². The van der Waals surface area contributed by atoms with Crippen LogP contribution < -0.4 is 0 Å². The third-order valence-corrected chi connectivity index (χ3v) is 5.83. The molecule has 6 heteroatoms. The Morgan fingerprint density at radius 3 is 2.15 bits per heavy atom. The van der Waals surface area contributed by atoms with E-state index in [-0.39, 0.29) is 40.5 Å². The molecule has 0 aromatic heterocycles. The molecule has 0 bridgehead atoms. The van der Waals surface area contributed by atoms with Crippen LogP contribution in [0.1, 0.15) is 30.6 Å². The highest BCUT2D eigenvalue weighted by molar-refractivity contribution is 14.0. The molecule has 0 N–H and O–H groups in total. The second kappa shape index (κ2) is 8.48. The number of benzene rings is 2. The fourth-order valence-corrected chi connectivity index (χ4v) is 4.59. The van der Waals surface area contributed by atoms with Crippen LogP contribution in [0, 0.1) is 0 Å². The van der Waals surface area contributed by atoms with Crippen molar-refractivity contribution in [3.8, 4) is 0 Å². The number of hydrogen-bond donors (Lipinski definition) is 0. The van der Waals surface area contributed by atoms with E-state index in [0.717, 1.165) is 11.1 Å². The molecule has 2 atom stereocenters. The van der Waals surface area contributed by atoms with Crippen LogP contribution in [0.2, 0.25) is 0 Å². The maximum Gasteiger partial charge on any atom is 0.355 e. The van der Waals surface area contributed by atoms with Gasteiger partial charge in [-0.2, -0.15) is 0 Å². The molecule has 0 aliphatic carbocycles. The van der Waals surface area contributed by atoms with Gasteiger partial charge in [0.15, 0.2) is 6.10 Å². The number of amides is 1. The third kappa shape index (κ3) is 4.06. The van der Waals surface area contributed by atoms with Crippen LogP contribution in [0.3, 0.4) is 0 Å². The van der Waals surface area contributed by atoms with Gasteiger partial charge in [0.05, 0.1) is 11.8 Å². The molecule has 140 valence electrons. The fourth-order valence-electron chi connectivity index (χ4n) is 3.29. The summed E-state index contributed by atoms with van der Waals surface area (Å²) in [6.07, 6.45) is 1.80. The molecule has 1 fully saturated rings. The average molecular weight is 493 g/mol. The molecule has 0 spiro atoms. The Hall–Kier alpha value is -1.80. The molecule has 2 aromatic carbocycles. The molecule has 1 saturated heterocycles. The summed E-state index contributed by atoms with van der Waals surface area (Å²) in [5.74, 6) is -0.471. The predicted octanol–water partition coefficient (Wildman–Crippen LogP) is 4.51. The molecule has 2 aliphatic rings. The summed E-state index contributed by atoms with van der Waals surface area (Å²) in [4.78, 5) is 26.5. The van der Waals surface area contributed by atoms with Gasteiger partial charge in [-0.25, -0.2) is 4.79 Å². The largest absolute Gasteiger partial charge is 0.448 e. The topological polar surface area (TPSA) is 46.6 Å². The second-order valence-corrected chi connectivity index (χ2v) is 7.98. The maximum absolute atomic E-state index is 12.9. The van der Waals surface area contributed by atoms with E-state index in [1.165, 1.54) is 0 Å². The minimum atomic E-state index is -0.509. The average Bonchev–Trinajstić information content (AvgIpc) is 2.66. The van der Waals surface area contributed by atoms with Crippen molar-refractivity contribution in [3.05, 3.63) is 83.6 Å². The Balaban J connectivity index is 0.00000210. The van der Waals surface area contributed by atoms with Crippen LogP contribution in [0.5, 0.6) is 0 Å². The molecular formula is C21H20INO3S. The van der Waals surface area contributed by atoms with Gasteiger partial charge < -0.3 is 4.74 Å². The van der Waals surface area contributed by atoms with E-state index < -0.39 is 12.1 Å². The van der Waals surface area contributed by atoms with E-state index in [0.29, 0.717) is 12.1 Å². The molecular weight excluding hydrogens is 473 g/mol. The summed E-state index contributed by atoms with van der Waals surface area (Å²) in [5, 5.41) is 0.232. The lowest BCUT2D eigenvalue weighted by Crippen LogP contribution is -2.54. The lowest BCUT2D eigenvalue weighted by molar-refractivity contribution is -0.151. The molecule has 2 heterocycles. The monoisotopic (exact) mass is 493 g/mol. The Bertz CT molecular complexity index is 817. The zero-order valence-electron chi connectivity index (χ0n) is 14.8. The Morgan fingerprint density at radius 2 is 1.63 bits per heavy atom. The number of esters is 1. The summed E-state index contributed by atoms with van der Waals surface area (Å²) in [7, 11) is 0. The van der Waals surface area contributed by atoms with E-state index in [1.54, 1.807) is 16.7 Å². The van der Waals surface area contributed by atoms with Crippen molar-refractivity contribution in [2.45, 2.75) is 30.1 Å². The minimum Gasteiger partial charge on any atom is -0.448 e. The molecule has 4 rings (SSSR count). The number of carbonyl (C=O) groups excluding carboxylic acids is 2. The lowest BCUT2D eigenvalue weighted by atomic mass is 10.0. The molecule has 1 unspecified atom stereocenters. The molecule has 1 amide bonds. The highest BCUT2D eigenvalue weighted by Crippen LogP contribution is 2.41. The smallest absolute Gasteiger partial charge is 0.355 e. The Kier molecular flexibility index (Phi) is 6.26. The van der Waals surface area contributed by atoms with Gasteiger partial charge >= 0.3 is 5.97 Å². The number of fused-ring (bicyclic) bond motifs is 1. The van der Waals surface area contributed by atoms with E-state index in [9.17, 15) is 9.59 Å². The quantitative estimate of drug-likeness (QED) is 0.357. The van der Waals surface area contributed by atoms with Crippen molar-refractivity contribution in [3.63, 3.8) is 0 Å². The number of halogens is 1. The number of hydrogen-bond acceptors (Lipinski definition) is 4. The number of ether oxygens (including phenoxy) is 1. The molecule has 2 aliphatic heterocycles. The Morgan fingerprint density at radius 1 is 1.07 bits per heavy atom. The van der Waals surface area contributed by atoms with Crippen molar-refractivity contribution in [1.82, 2.24) is 4.90 Å². The zero-order valence-corrected chi connectivity index (χ0v) is 17.9. The summed E-state index contributed by atoms with van der Waals surface area (Å²) < 4.78 is 5.90. The summed E-state index contributed by atoms with van der Waals surface area (Å²) in [5.41, 5.74) is 2.17. The molecule has 2 aromatic rings. The van der Waals surface area contributed by atoms with Crippen LogP contribution in [0.25, 0.3) is 0 Å². The number of nitrogens with zero attached hydrogens (tertiary/aromatic N) is 1. The summed E-state index contributed by atoms with van der Waals surface area (Å²) >= 11 is 1.69. The predicted molar refractivity (Wildman–Crippen MR) is 117 cm³/mol. The van der Waals surface area contributed by atoms with Crippen LogP contribution in [0.4, 0.5) is 0 Å². The van der Waals surface area contributed by atoms with Gasteiger partial charge in [-0.05, 0) is 24.1 Å². The Labute approximate surface area is 180 Å². The van der Waals surface area contributed by atoms with Crippen LogP contribution >= 0.6 is 35.7 Å². The third-order valence-electron chi connectivity index (χ3n) is 4.57. The van der Waals surface area contributed by atoms with Gasteiger partial charge in [-0.1, -0.05) is 60.7 Å². The number of carbonyl (C=O) groups is 2. The van der Waals surface area contributed by atoms with Crippen molar-refractivity contribution in [2.24, 2.45) is 0 Å². The van der Waals surface area contributed by atoms with Gasteiger partial charge in [-0.3, -0.25) is 9.69 Å². The highest BCUT2D eigenvalue weighted by atomic mass is 127. The van der Waals surface area contributed by atoms with Gasteiger partial charge in [-0.15, -0.1) is 35.7 Å². The molecule has 0 saturated carbocycles. The first-order valence-electron chi connectivity index (χ1n) is 8.63. The highest BCUT2D eigenvalue weighted by Gasteiger charge is 2.45. The van der Waals surface area contributed by atoms with Gasteiger partial charge in [0, 0.05) is 5.25 Å². The lowest BCUT2D eigenvalue weighted by Gasteiger charge is -2.44. The summed E-state index contributed by atoms with van der Waals surface area (Å²) in [6, 6.07) is 19.3. The number of β-lactam (4-membered cyclic amide) rings is 1. The van der Waals surface area contributed by atoms with Gasteiger partial charge in [0.2, 0.25) is 5.91 Å². The first-order valence-corrected chi connectivity index (χ1v) is 9.58. The van der Waals surface area contributed by atoms with Gasteiger partial charge in [0.1, 0.15) is 5.70 Å². The molecule has 27 heavy (non-hydrogen) atoms. The first-order chi connectivity index (χ1) is 12.6. The zero-order chi connectivity index (χ0) is 18.1. The molecule has 0 radical (unpaired) electrons. The van der Waals surface area contributed by atoms with Crippen molar-refractivity contribution < 1.29 is 14.3 Å². The van der Waals surface area contributed by atoms with Crippen molar-refractivity contribution in [2.75, 3.05) is 0 Å². The van der Waals surface area contributed by atoms with E-state index in [2.05, 4.69) is 0 Å². The van der Waals surface area contributed by atoms with Gasteiger partial charge in [0.25, 0.3) is 0 Å². The van der Waals surface area contributed by atoms with Crippen LogP contribution in [-0.4, -0.2) is 27.4 Å². The maximum atomic E-state index is 12.9. The van der Waals surface area contributed by atoms with E-state index in [4.69, 9.17) is 4.74 Å².